The lowest BCUT2D eigenvalue weighted by Crippen LogP contribution is -2.26. The number of ether oxygens (including phenoxy) is 1. The van der Waals surface area contributed by atoms with Crippen molar-refractivity contribution in [1.29, 1.82) is 0 Å². The molecule has 1 aromatic rings. The number of esters is 1. The first-order valence-corrected chi connectivity index (χ1v) is 5.21. The molecule has 0 radical (unpaired) electrons. The molecule has 2 N–H and O–H groups in total. The van der Waals surface area contributed by atoms with Gasteiger partial charge in [0, 0.05) is 12.6 Å². The highest BCUT2D eigenvalue weighted by Crippen LogP contribution is 2.07. The molecule has 6 heteroatoms. The molecule has 0 fully saturated rings. The van der Waals surface area contributed by atoms with Gasteiger partial charge in [0.15, 0.2) is 0 Å². The maximum atomic E-state index is 11.5. The Labute approximate surface area is 94.8 Å². The van der Waals surface area contributed by atoms with Crippen molar-refractivity contribution in [3.8, 4) is 0 Å². The quantitative estimate of drug-likeness (QED) is 0.737. The minimum atomic E-state index is -0.474. The minimum absolute atomic E-state index is 0.0782. The van der Waals surface area contributed by atoms with Crippen LogP contribution in [0.1, 0.15) is 26.5 Å². The number of nitrogens with two attached hydrogens (primary N) is 1. The maximum Gasteiger partial charge on any atom is 0.328 e. The topological polar surface area (TPSA) is 83.0 Å². The van der Waals surface area contributed by atoms with Gasteiger partial charge in [-0.05, 0) is 27.3 Å². The van der Waals surface area contributed by atoms with Gasteiger partial charge in [0.25, 0.3) is 0 Å². The third-order valence-electron chi connectivity index (χ3n) is 1.70. The van der Waals surface area contributed by atoms with E-state index in [1.165, 1.54) is 4.68 Å². The van der Waals surface area contributed by atoms with Crippen molar-refractivity contribution in [2.24, 2.45) is 5.73 Å². The summed E-state index contributed by atoms with van der Waals surface area (Å²) < 4.78 is 6.62. The zero-order chi connectivity index (χ0) is 12.2. The number of hydrogen-bond acceptors (Lipinski definition) is 5. The second-order valence-corrected chi connectivity index (χ2v) is 4.53. The van der Waals surface area contributed by atoms with E-state index >= 15 is 0 Å². The predicted octanol–water partition coefficient (Wildman–Crippen LogP) is 0.121. The molecular formula is C10H18N4O2. The lowest BCUT2D eigenvalue weighted by atomic mass is 10.2. The van der Waals surface area contributed by atoms with Crippen LogP contribution in [0.25, 0.3) is 0 Å². The molecule has 90 valence electrons. The molecule has 0 saturated heterocycles. The first-order valence-electron chi connectivity index (χ1n) is 5.21. The van der Waals surface area contributed by atoms with E-state index in [0.717, 1.165) is 5.69 Å². The summed E-state index contributed by atoms with van der Waals surface area (Å²) in [5.74, 6) is -0.323. The third-order valence-corrected chi connectivity index (χ3v) is 1.70. The lowest BCUT2D eigenvalue weighted by molar-refractivity contribution is -0.155. The van der Waals surface area contributed by atoms with Crippen molar-refractivity contribution < 1.29 is 9.53 Å². The van der Waals surface area contributed by atoms with E-state index in [1.807, 2.05) is 20.8 Å². The highest BCUT2D eigenvalue weighted by atomic mass is 16.6. The Kier molecular flexibility index (Phi) is 4.00. The van der Waals surface area contributed by atoms with Gasteiger partial charge in [0.05, 0.1) is 5.69 Å². The monoisotopic (exact) mass is 226 g/mol. The van der Waals surface area contributed by atoms with Crippen molar-refractivity contribution in [2.75, 3.05) is 6.54 Å². The summed E-state index contributed by atoms with van der Waals surface area (Å²) in [5.41, 5.74) is 5.69. The van der Waals surface area contributed by atoms with Crippen LogP contribution in [0.15, 0.2) is 6.20 Å². The maximum absolute atomic E-state index is 11.5. The van der Waals surface area contributed by atoms with E-state index in [4.69, 9.17) is 10.5 Å². The molecule has 0 amide bonds. The highest BCUT2D eigenvalue weighted by Gasteiger charge is 2.16. The molecule has 0 aliphatic carbocycles. The summed E-state index contributed by atoms with van der Waals surface area (Å²) in [6, 6.07) is 0. The Morgan fingerprint density at radius 2 is 2.25 bits per heavy atom. The van der Waals surface area contributed by atoms with Crippen molar-refractivity contribution >= 4 is 5.97 Å². The van der Waals surface area contributed by atoms with Gasteiger partial charge < -0.3 is 10.5 Å². The summed E-state index contributed by atoms with van der Waals surface area (Å²) in [6.45, 7) is 6.07. The Hall–Kier alpha value is -1.43. The Balaban J connectivity index is 2.50. The van der Waals surface area contributed by atoms with Gasteiger partial charge in [-0.15, -0.1) is 5.10 Å². The van der Waals surface area contributed by atoms with Gasteiger partial charge in [-0.1, -0.05) is 5.21 Å². The van der Waals surface area contributed by atoms with Crippen molar-refractivity contribution in [2.45, 2.75) is 39.3 Å². The molecule has 0 aliphatic heterocycles. The van der Waals surface area contributed by atoms with Gasteiger partial charge in [-0.3, -0.25) is 4.79 Å². The van der Waals surface area contributed by atoms with Crippen LogP contribution < -0.4 is 5.73 Å². The molecule has 16 heavy (non-hydrogen) atoms. The van der Waals surface area contributed by atoms with Crippen molar-refractivity contribution in [1.82, 2.24) is 15.0 Å². The predicted molar refractivity (Wildman–Crippen MR) is 58.6 cm³/mol. The molecule has 0 unspecified atom stereocenters. The average molecular weight is 226 g/mol. The molecule has 0 aromatic carbocycles. The molecular weight excluding hydrogens is 208 g/mol. The zero-order valence-corrected chi connectivity index (χ0v) is 9.93. The number of carbonyl (C=O) groups excluding carboxylic acids is 1. The van der Waals surface area contributed by atoms with E-state index in [9.17, 15) is 4.79 Å². The molecule has 0 bridgehead atoms. The number of aromatic nitrogens is 3. The van der Waals surface area contributed by atoms with Crippen LogP contribution in [0.5, 0.6) is 0 Å². The van der Waals surface area contributed by atoms with Crippen LogP contribution in [0, 0.1) is 0 Å². The van der Waals surface area contributed by atoms with Gasteiger partial charge in [0.1, 0.15) is 12.1 Å². The van der Waals surface area contributed by atoms with E-state index in [0.29, 0.717) is 13.0 Å². The van der Waals surface area contributed by atoms with Crippen molar-refractivity contribution in [3.63, 3.8) is 0 Å². The Morgan fingerprint density at radius 1 is 1.56 bits per heavy atom. The summed E-state index contributed by atoms with van der Waals surface area (Å²) in [4.78, 5) is 11.5. The van der Waals surface area contributed by atoms with Gasteiger partial charge in [-0.2, -0.15) is 0 Å². The highest BCUT2D eigenvalue weighted by molar-refractivity contribution is 5.69. The fourth-order valence-corrected chi connectivity index (χ4v) is 1.18. The van der Waals surface area contributed by atoms with Gasteiger partial charge >= 0.3 is 5.97 Å². The summed E-state index contributed by atoms with van der Waals surface area (Å²) in [6.07, 6.45) is 2.37. The van der Waals surface area contributed by atoms with Gasteiger partial charge in [0.2, 0.25) is 0 Å². The largest absolute Gasteiger partial charge is 0.459 e. The molecule has 0 saturated carbocycles. The SMILES string of the molecule is CC(C)(C)OC(=O)Cn1cc(CCN)nn1. The minimum Gasteiger partial charge on any atom is -0.459 e. The fourth-order valence-electron chi connectivity index (χ4n) is 1.18. The smallest absolute Gasteiger partial charge is 0.328 e. The van der Waals surface area contributed by atoms with Crippen LogP contribution in [-0.2, 0) is 22.5 Å². The fraction of sp³-hybridized carbons (Fsp3) is 0.700. The third kappa shape index (κ3) is 4.39. The van der Waals surface area contributed by atoms with Crippen LogP contribution in [0.4, 0.5) is 0 Å². The molecule has 0 spiro atoms. The zero-order valence-electron chi connectivity index (χ0n) is 9.93. The molecule has 0 atom stereocenters. The molecule has 1 heterocycles. The number of hydrogen-bond donors (Lipinski definition) is 1. The summed E-state index contributed by atoms with van der Waals surface area (Å²) >= 11 is 0. The van der Waals surface area contributed by atoms with Crippen molar-refractivity contribution in [3.05, 3.63) is 11.9 Å². The van der Waals surface area contributed by atoms with Crippen LogP contribution >= 0.6 is 0 Å². The molecule has 1 rings (SSSR count). The molecule has 6 nitrogen and oxygen atoms in total. The van der Waals surface area contributed by atoms with E-state index in [2.05, 4.69) is 10.3 Å². The average Bonchev–Trinajstić information content (AvgIpc) is 2.49. The molecule has 0 aliphatic rings. The first kappa shape index (κ1) is 12.6. The Morgan fingerprint density at radius 3 is 2.81 bits per heavy atom. The lowest BCUT2D eigenvalue weighted by Gasteiger charge is -2.19. The summed E-state index contributed by atoms with van der Waals surface area (Å²) in [5, 5.41) is 7.70. The normalized spacial score (nSPS) is 11.5. The molecule has 1 aromatic heterocycles. The van der Waals surface area contributed by atoms with Gasteiger partial charge in [-0.25, -0.2) is 4.68 Å². The Bertz CT molecular complexity index is 354. The number of nitrogens with zero attached hydrogens (tertiary/aromatic N) is 3. The van der Waals surface area contributed by atoms with E-state index in [1.54, 1.807) is 6.20 Å². The standard InChI is InChI=1S/C10H18N4O2/c1-10(2,3)16-9(15)7-14-6-8(4-5-11)12-13-14/h6H,4-5,7,11H2,1-3H3. The van der Waals surface area contributed by atoms with Crippen LogP contribution in [-0.4, -0.2) is 33.1 Å². The number of rotatable bonds is 4. The number of carbonyl (C=O) groups is 1. The summed E-state index contributed by atoms with van der Waals surface area (Å²) in [7, 11) is 0. The van der Waals surface area contributed by atoms with Crippen LogP contribution in [0.3, 0.4) is 0 Å². The first-order chi connectivity index (χ1) is 7.40. The van der Waals surface area contributed by atoms with E-state index in [-0.39, 0.29) is 12.5 Å². The second kappa shape index (κ2) is 5.07. The van der Waals surface area contributed by atoms with Crippen LogP contribution in [0.2, 0.25) is 0 Å². The second-order valence-electron chi connectivity index (χ2n) is 4.53. The van der Waals surface area contributed by atoms with E-state index < -0.39 is 5.60 Å².